The Labute approximate surface area is 162 Å². The molecular formula is C19H20ClNO4S. The number of benzene rings is 2. The van der Waals surface area contributed by atoms with E-state index in [-0.39, 0.29) is 11.7 Å². The molecule has 2 rings (SSSR count). The van der Waals surface area contributed by atoms with Crippen molar-refractivity contribution in [2.45, 2.75) is 12.2 Å². The van der Waals surface area contributed by atoms with Crippen LogP contribution in [0.3, 0.4) is 0 Å². The molecule has 0 aromatic heterocycles. The molecule has 26 heavy (non-hydrogen) atoms. The van der Waals surface area contributed by atoms with Gasteiger partial charge in [0.05, 0.1) is 25.7 Å². The quantitative estimate of drug-likeness (QED) is 0.712. The molecule has 0 saturated carbocycles. The van der Waals surface area contributed by atoms with E-state index in [0.29, 0.717) is 16.5 Å². The van der Waals surface area contributed by atoms with Gasteiger partial charge in [0.25, 0.3) is 0 Å². The predicted octanol–water partition coefficient (Wildman–Crippen LogP) is 4.24. The molecule has 0 fully saturated rings. The second kappa shape index (κ2) is 9.50. The molecule has 0 radical (unpaired) electrons. The highest BCUT2D eigenvalue weighted by atomic mass is 35.5. The summed E-state index contributed by atoms with van der Waals surface area (Å²) in [6.45, 7) is 1.84. The molecule has 0 aliphatic rings. The molecule has 0 bridgehead atoms. The first kappa shape index (κ1) is 20.1. The van der Waals surface area contributed by atoms with Crippen molar-refractivity contribution in [1.29, 1.82) is 0 Å². The van der Waals surface area contributed by atoms with Crippen molar-refractivity contribution in [3.63, 3.8) is 0 Å². The fourth-order valence-electron chi connectivity index (χ4n) is 2.31. The van der Waals surface area contributed by atoms with Crippen LogP contribution in [0.1, 0.15) is 16.4 Å². The number of methoxy groups -OCH3 is 2. The highest BCUT2D eigenvalue weighted by molar-refractivity contribution is 8.00. The van der Waals surface area contributed by atoms with Crippen LogP contribution < -0.4 is 10.1 Å². The van der Waals surface area contributed by atoms with Crippen molar-refractivity contribution in [2.75, 3.05) is 25.3 Å². The molecular weight excluding hydrogens is 374 g/mol. The van der Waals surface area contributed by atoms with E-state index in [2.05, 4.69) is 5.32 Å². The molecule has 1 N–H and O–H groups in total. The van der Waals surface area contributed by atoms with Crippen LogP contribution in [0.15, 0.2) is 42.5 Å². The third-order valence-electron chi connectivity index (χ3n) is 3.65. The van der Waals surface area contributed by atoms with Crippen molar-refractivity contribution in [3.05, 3.63) is 58.6 Å². The molecule has 1 amide bonds. The Morgan fingerprint density at radius 3 is 2.50 bits per heavy atom. The Hall–Kier alpha value is -2.18. The summed E-state index contributed by atoms with van der Waals surface area (Å²) in [6, 6.07) is 12.6. The molecule has 138 valence electrons. The van der Waals surface area contributed by atoms with Crippen LogP contribution in [0, 0.1) is 6.92 Å². The number of hydrogen-bond acceptors (Lipinski definition) is 5. The van der Waals surface area contributed by atoms with Gasteiger partial charge in [-0.15, -0.1) is 11.8 Å². The molecule has 2 aromatic carbocycles. The van der Waals surface area contributed by atoms with Gasteiger partial charge in [0.15, 0.2) is 0 Å². The molecule has 0 aliphatic carbocycles. The Morgan fingerprint density at radius 1 is 1.19 bits per heavy atom. The summed E-state index contributed by atoms with van der Waals surface area (Å²) < 4.78 is 10.1. The Kier molecular flexibility index (Phi) is 7.36. The Morgan fingerprint density at radius 2 is 1.88 bits per heavy atom. The second-order valence-electron chi connectivity index (χ2n) is 5.47. The average Bonchev–Trinajstić information content (AvgIpc) is 2.65. The molecule has 2 aromatic rings. The van der Waals surface area contributed by atoms with Crippen LogP contribution in [0.25, 0.3) is 0 Å². The number of rotatable bonds is 7. The highest BCUT2D eigenvalue weighted by Crippen LogP contribution is 2.32. The third kappa shape index (κ3) is 5.16. The number of thioether (sulfide) groups is 1. The largest absolute Gasteiger partial charge is 0.495 e. The van der Waals surface area contributed by atoms with E-state index in [1.54, 1.807) is 12.1 Å². The van der Waals surface area contributed by atoms with Crippen LogP contribution in [0.2, 0.25) is 5.02 Å². The number of anilines is 1. The van der Waals surface area contributed by atoms with Crippen molar-refractivity contribution in [3.8, 4) is 5.75 Å². The first-order valence-corrected chi connectivity index (χ1v) is 9.27. The first-order chi connectivity index (χ1) is 12.5. The van der Waals surface area contributed by atoms with Crippen molar-refractivity contribution >= 4 is 40.9 Å². The number of carbonyl (C=O) groups excluding carboxylic acids is 2. The lowest BCUT2D eigenvalue weighted by Crippen LogP contribution is -2.18. The molecule has 0 spiro atoms. The van der Waals surface area contributed by atoms with Gasteiger partial charge in [-0.1, -0.05) is 41.9 Å². The van der Waals surface area contributed by atoms with Gasteiger partial charge in [-0.3, -0.25) is 9.59 Å². The minimum atomic E-state index is -0.569. The van der Waals surface area contributed by atoms with E-state index in [1.807, 2.05) is 37.3 Å². The normalized spacial score (nSPS) is 11.5. The third-order valence-corrected chi connectivity index (χ3v) is 5.29. The fraction of sp³-hybridized carbons (Fsp3) is 0.263. The standard InChI is InChI=1S/C19H20ClNO4S/c1-12-9-15(16(24-2)10-14(12)20)21-17(22)11-26-18(19(23)25-3)13-7-5-4-6-8-13/h4-10,18H,11H2,1-3H3,(H,21,22). The summed E-state index contributed by atoms with van der Waals surface area (Å²) in [5.41, 5.74) is 2.15. The lowest BCUT2D eigenvalue weighted by atomic mass is 10.1. The molecule has 1 atom stereocenters. The monoisotopic (exact) mass is 393 g/mol. The number of halogens is 1. The van der Waals surface area contributed by atoms with Gasteiger partial charge in [-0.25, -0.2) is 0 Å². The minimum absolute atomic E-state index is 0.0828. The number of aryl methyl sites for hydroxylation is 1. The van der Waals surface area contributed by atoms with Crippen LogP contribution in [-0.4, -0.2) is 31.8 Å². The maximum atomic E-state index is 12.4. The van der Waals surface area contributed by atoms with E-state index < -0.39 is 11.2 Å². The predicted molar refractivity (Wildman–Crippen MR) is 105 cm³/mol. The molecule has 0 aliphatic heterocycles. The van der Waals surface area contributed by atoms with E-state index in [1.165, 1.54) is 26.0 Å². The van der Waals surface area contributed by atoms with Gasteiger partial charge in [0.1, 0.15) is 11.0 Å². The summed E-state index contributed by atoms with van der Waals surface area (Å²) >= 11 is 7.28. The lowest BCUT2D eigenvalue weighted by Gasteiger charge is -2.15. The zero-order valence-corrected chi connectivity index (χ0v) is 16.3. The zero-order chi connectivity index (χ0) is 19.1. The van der Waals surface area contributed by atoms with Crippen LogP contribution in [0.4, 0.5) is 5.69 Å². The molecule has 0 saturated heterocycles. The molecule has 5 nitrogen and oxygen atoms in total. The molecule has 0 heterocycles. The Bertz CT molecular complexity index is 783. The highest BCUT2D eigenvalue weighted by Gasteiger charge is 2.23. The van der Waals surface area contributed by atoms with Gasteiger partial charge in [-0.2, -0.15) is 0 Å². The minimum Gasteiger partial charge on any atom is -0.495 e. The van der Waals surface area contributed by atoms with E-state index in [4.69, 9.17) is 21.1 Å². The van der Waals surface area contributed by atoms with Gasteiger partial charge < -0.3 is 14.8 Å². The van der Waals surface area contributed by atoms with Gasteiger partial charge in [0.2, 0.25) is 5.91 Å². The van der Waals surface area contributed by atoms with Crippen molar-refractivity contribution in [2.24, 2.45) is 0 Å². The summed E-state index contributed by atoms with van der Waals surface area (Å²) in [5, 5.41) is 2.79. The maximum absolute atomic E-state index is 12.4. The van der Waals surface area contributed by atoms with Crippen LogP contribution in [0.5, 0.6) is 5.75 Å². The van der Waals surface area contributed by atoms with E-state index >= 15 is 0 Å². The van der Waals surface area contributed by atoms with E-state index in [9.17, 15) is 9.59 Å². The zero-order valence-electron chi connectivity index (χ0n) is 14.7. The maximum Gasteiger partial charge on any atom is 0.323 e. The number of nitrogens with one attached hydrogen (secondary N) is 1. The first-order valence-electron chi connectivity index (χ1n) is 7.84. The van der Waals surface area contributed by atoms with Crippen molar-refractivity contribution < 1.29 is 19.1 Å². The van der Waals surface area contributed by atoms with Gasteiger partial charge in [-0.05, 0) is 24.1 Å². The summed E-state index contributed by atoms with van der Waals surface area (Å²) in [7, 11) is 2.84. The topological polar surface area (TPSA) is 64.6 Å². The second-order valence-corrected chi connectivity index (χ2v) is 6.98. The van der Waals surface area contributed by atoms with Gasteiger partial charge >= 0.3 is 5.97 Å². The van der Waals surface area contributed by atoms with E-state index in [0.717, 1.165) is 11.1 Å². The average molecular weight is 394 g/mol. The Balaban J connectivity index is 2.07. The van der Waals surface area contributed by atoms with Gasteiger partial charge in [0, 0.05) is 11.1 Å². The fourth-order valence-corrected chi connectivity index (χ4v) is 3.44. The molecule has 7 heteroatoms. The number of amides is 1. The van der Waals surface area contributed by atoms with Crippen LogP contribution in [-0.2, 0) is 14.3 Å². The summed E-state index contributed by atoms with van der Waals surface area (Å²) in [5.74, 6) is -0.0836. The lowest BCUT2D eigenvalue weighted by molar-refractivity contribution is -0.140. The number of hydrogen-bond donors (Lipinski definition) is 1. The van der Waals surface area contributed by atoms with Crippen LogP contribution >= 0.6 is 23.4 Å². The number of ether oxygens (including phenoxy) is 2. The number of esters is 1. The summed E-state index contributed by atoms with van der Waals surface area (Å²) in [6.07, 6.45) is 0. The molecule has 1 unspecified atom stereocenters. The smallest absolute Gasteiger partial charge is 0.323 e. The number of carbonyl (C=O) groups is 2. The SMILES string of the molecule is COC(=O)C(SCC(=O)Nc1cc(C)c(Cl)cc1OC)c1ccccc1. The summed E-state index contributed by atoms with van der Waals surface area (Å²) in [4.78, 5) is 24.4. The van der Waals surface area contributed by atoms with Crippen molar-refractivity contribution in [1.82, 2.24) is 0 Å².